The molecule has 2 aromatic carbocycles. The maximum Gasteiger partial charge on any atom is 0.131 e. The molecule has 25 heavy (non-hydrogen) atoms. The predicted octanol–water partition coefficient (Wildman–Crippen LogP) is 3.62. The van der Waals surface area contributed by atoms with Gasteiger partial charge in [-0.3, -0.25) is 9.69 Å². The van der Waals surface area contributed by atoms with Gasteiger partial charge in [-0.1, -0.05) is 42.5 Å². The number of hydrogen-bond acceptors (Lipinski definition) is 4. The van der Waals surface area contributed by atoms with Gasteiger partial charge in [-0.15, -0.1) is 0 Å². The largest absolute Gasteiger partial charge is 0.489 e. The van der Waals surface area contributed by atoms with Gasteiger partial charge >= 0.3 is 0 Å². The fourth-order valence-electron chi connectivity index (χ4n) is 3.17. The normalized spacial score (nSPS) is 16.4. The first-order valence-electron chi connectivity index (χ1n) is 8.80. The molecule has 1 aliphatic rings. The maximum atomic E-state index is 11.8. The van der Waals surface area contributed by atoms with Crippen molar-refractivity contribution in [3.63, 3.8) is 0 Å². The number of carbonyl (C=O) groups is 1. The van der Waals surface area contributed by atoms with E-state index in [9.17, 15) is 4.79 Å². The summed E-state index contributed by atoms with van der Waals surface area (Å²) in [6.45, 7) is 5.35. The molecule has 1 aliphatic heterocycles. The minimum Gasteiger partial charge on any atom is -0.489 e. The molecule has 132 valence electrons. The fourth-order valence-corrected chi connectivity index (χ4v) is 3.17. The summed E-state index contributed by atoms with van der Waals surface area (Å²) in [5.41, 5.74) is 2.27. The maximum absolute atomic E-state index is 11.8. The number of hydrogen-bond donors (Lipinski definition) is 0. The molecule has 1 saturated heterocycles. The number of ketones is 1. The number of carbonyl (C=O) groups excluding carboxylic acids is 1. The molecule has 1 fully saturated rings. The summed E-state index contributed by atoms with van der Waals surface area (Å²) in [6, 6.07) is 18.3. The SMILES string of the molecule is CC(=O)CC(c1cccc(OCc2ccccc2)c1)N1CCOCC1. The van der Waals surface area contributed by atoms with Crippen LogP contribution in [0, 0.1) is 0 Å². The lowest BCUT2D eigenvalue weighted by molar-refractivity contribution is -0.118. The average Bonchev–Trinajstić information content (AvgIpc) is 2.66. The minimum absolute atomic E-state index is 0.0849. The van der Waals surface area contributed by atoms with E-state index in [-0.39, 0.29) is 11.8 Å². The highest BCUT2D eigenvalue weighted by molar-refractivity contribution is 5.76. The molecular formula is C21H25NO3. The molecule has 0 N–H and O–H groups in total. The lowest BCUT2D eigenvalue weighted by Gasteiger charge is -2.34. The zero-order valence-electron chi connectivity index (χ0n) is 14.7. The number of rotatable bonds is 7. The van der Waals surface area contributed by atoms with Crippen molar-refractivity contribution in [3.05, 3.63) is 65.7 Å². The highest BCUT2D eigenvalue weighted by Crippen LogP contribution is 2.28. The first kappa shape index (κ1) is 17.6. The van der Waals surface area contributed by atoms with Crippen LogP contribution in [0.1, 0.15) is 30.5 Å². The molecule has 0 aromatic heterocycles. The second-order valence-corrected chi connectivity index (χ2v) is 6.42. The van der Waals surface area contributed by atoms with Gasteiger partial charge in [0.05, 0.1) is 13.2 Å². The quantitative estimate of drug-likeness (QED) is 0.772. The van der Waals surface area contributed by atoms with Crippen LogP contribution in [0.4, 0.5) is 0 Å². The lowest BCUT2D eigenvalue weighted by atomic mass is 9.99. The molecule has 0 saturated carbocycles. The molecule has 2 aromatic rings. The summed E-state index contributed by atoms with van der Waals surface area (Å²) in [5.74, 6) is 1.04. The van der Waals surface area contributed by atoms with Gasteiger partial charge in [-0.2, -0.15) is 0 Å². The Labute approximate surface area is 149 Å². The van der Waals surface area contributed by atoms with Crippen molar-refractivity contribution in [1.82, 2.24) is 4.90 Å². The van der Waals surface area contributed by atoms with Crippen molar-refractivity contribution in [2.24, 2.45) is 0 Å². The van der Waals surface area contributed by atoms with Crippen molar-refractivity contribution in [3.8, 4) is 5.75 Å². The van der Waals surface area contributed by atoms with E-state index in [2.05, 4.69) is 29.2 Å². The highest BCUT2D eigenvalue weighted by atomic mass is 16.5. The monoisotopic (exact) mass is 339 g/mol. The molecule has 0 bridgehead atoms. The van der Waals surface area contributed by atoms with Crippen LogP contribution >= 0.6 is 0 Å². The van der Waals surface area contributed by atoms with Crippen molar-refractivity contribution in [1.29, 1.82) is 0 Å². The van der Waals surface area contributed by atoms with E-state index in [1.807, 2.05) is 30.3 Å². The van der Waals surface area contributed by atoms with Crippen LogP contribution in [0.25, 0.3) is 0 Å². The molecule has 0 amide bonds. The standard InChI is InChI=1S/C21H25NO3/c1-17(23)14-21(22-10-12-24-13-11-22)19-8-5-9-20(15-19)25-16-18-6-3-2-4-7-18/h2-9,15,21H,10-14,16H2,1H3. The molecule has 4 nitrogen and oxygen atoms in total. The van der Waals surface area contributed by atoms with Gasteiger partial charge < -0.3 is 9.47 Å². The van der Waals surface area contributed by atoms with Crippen molar-refractivity contribution in [2.45, 2.75) is 26.0 Å². The molecule has 1 atom stereocenters. The highest BCUT2D eigenvalue weighted by Gasteiger charge is 2.24. The summed E-state index contributed by atoms with van der Waals surface area (Å²) in [5, 5.41) is 0. The van der Waals surface area contributed by atoms with Crippen LogP contribution in [-0.2, 0) is 16.1 Å². The smallest absolute Gasteiger partial charge is 0.131 e. The van der Waals surface area contributed by atoms with Gasteiger partial charge in [0.25, 0.3) is 0 Å². The van der Waals surface area contributed by atoms with Crippen LogP contribution in [-0.4, -0.2) is 37.0 Å². The Bertz CT molecular complexity index is 681. The molecular weight excluding hydrogens is 314 g/mol. The second-order valence-electron chi connectivity index (χ2n) is 6.42. The Hall–Kier alpha value is -2.17. The topological polar surface area (TPSA) is 38.8 Å². The second kappa shape index (κ2) is 8.79. The van der Waals surface area contributed by atoms with E-state index in [4.69, 9.17) is 9.47 Å². The third-order valence-electron chi connectivity index (χ3n) is 4.46. The van der Waals surface area contributed by atoms with Gasteiger partial charge in [-0.05, 0) is 30.2 Å². The molecule has 4 heteroatoms. The Balaban J connectivity index is 1.73. The van der Waals surface area contributed by atoms with Crippen LogP contribution < -0.4 is 4.74 Å². The van der Waals surface area contributed by atoms with E-state index in [1.165, 1.54) is 0 Å². The Kier molecular flexibility index (Phi) is 6.20. The molecule has 0 aliphatic carbocycles. The van der Waals surface area contributed by atoms with E-state index in [1.54, 1.807) is 6.92 Å². The molecule has 0 radical (unpaired) electrons. The minimum atomic E-state index is 0.0849. The third-order valence-corrected chi connectivity index (χ3v) is 4.46. The number of benzene rings is 2. The van der Waals surface area contributed by atoms with Crippen molar-refractivity contribution < 1.29 is 14.3 Å². The van der Waals surface area contributed by atoms with Gasteiger partial charge in [-0.25, -0.2) is 0 Å². The van der Waals surface area contributed by atoms with E-state index in [0.717, 1.165) is 43.2 Å². The van der Waals surface area contributed by atoms with Gasteiger partial charge in [0.15, 0.2) is 0 Å². The van der Waals surface area contributed by atoms with E-state index in [0.29, 0.717) is 13.0 Å². The number of Topliss-reactive ketones (excluding diaryl/α,β-unsaturated/α-hetero) is 1. The van der Waals surface area contributed by atoms with Gasteiger partial charge in [0, 0.05) is 25.6 Å². The van der Waals surface area contributed by atoms with Crippen LogP contribution in [0.3, 0.4) is 0 Å². The summed E-state index contributed by atoms with van der Waals surface area (Å²) in [6.07, 6.45) is 0.516. The zero-order chi connectivity index (χ0) is 17.5. The molecule has 0 spiro atoms. The Morgan fingerprint density at radius 2 is 1.88 bits per heavy atom. The predicted molar refractivity (Wildman–Crippen MR) is 97.6 cm³/mol. The first-order valence-corrected chi connectivity index (χ1v) is 8.80. The van der Waals surface area contributed by atoms with E-state index < -0.39 is 0 Å². The number of ether oxygens (including phenoxy) is 2. The first-order chi connectivity index (χ1) is 12.2. The van der Waals surface area contributed by atoms with Gasteiger partial charge in [0.2, 0.25) is 0 Å². The van der Waals surface area contributed by atoms with Crippen LogP contribution in [0.5, 0.6) is 5.75 Å². The van der Waals surface area contributed by atoms with Crippen molar-refractivity contribution in [2.75, 3.05) is 26.3 Å². The fraction of sp³-hybridized carbons (Fsp3) is 0.381. The summed E-state index contributed by atoms with van der Waals surface area (Å²) < 4.78 is 11.4. The Morgan fingerprint density at radius 1 is 1.12 bits per heavy atom. The van der Waals surface area contributed by atoms with Crippen LogP contribution in [0.15, 0.2) is 54.6 Å². The molecule has 1 heterocycles. The third kappa shape index (κ3) is 5.15. The lowest BCUT2D eigenvalue weighted by Crippen LogP contribution is -2.39. The van der Waals surface area contributed by atoms with Gasteiger partial charge in [0.1, 0.15) is 18.1 Å². The van der Waals surface area contributed by atoms with Crippen LogP contribution in [0.2, 0.25) is 0 Å². The Morgan fingerprint density at radius 3 is 2.60 bits per heavy atom. The molecule has 1 unspecified atom stereocenters. The summed E-state index contributed by atoms with van der Waals surface area (Å²) in [4.78, 5) is 14.1. The number of morpholine rings is 1. The number of nitrogens with zero attached hydrogens (tertiary/aromatic N) is 1. The van der Waals surface area contributed by atoms with Crippen molar-refractivity contribution >= 4 is 5.78 Å². The average molecular weight is 339 g/mol. The zero-order valence-corrected chi connectivity index (χ0v) is 14.7. The summed E-state index contributed by atoms with van der Waals surface area (Å²) in [7, 11) is 0. The van der Waals surface area contributed by atoms with E-state index >= 15 is 0 Å². The summed E-state index contributed by atoms with van der Waals surface area (Å²) >= 11 is 0. The molecule has 3 rings (SSSR count).